The van der Waals surface area contributed by atoms with Crippen molar-refractivity contribution in [2.45, 2.75) is 26.3 Å². The van der Waals surface area contributed by atoms with Gasteiger partial charge in [0.2, 0.25) is 5.78 Å². The van der Waals surface area contributed by atoms with E-state index in [1.54, 1.807) is 36.6 Å². The predicted octanol–water partition coefficient (Wildman–Crippen LogP) is 5.00. The van der Waals surface area contributed by atoms with Gasteiger partial charge in [-0.15, -0.1) is 11.3 Å². The Morgan fingerprint density at radius 1 is 1.19 bits per heavy atom. The maximum absolute atomic E-state index is 13.0. The summed E-state index contributed by atoms with van der Waals surface area (Å²) < 4.78 is 7.51. The van der Waals surface area contributed by atoms with Crippen LogP contribution in [0.1, 0.15) is 33.8 Å². The van der Waals surface area contributed by atoms with Crippen molar-refractivity contribution in [2.75, 3.05) is 26.7 Å². The molecule has 1 aliphatic heterocycles. The van der Waals surface area contributed by atoms with Crippen LogP contribution in [0.25, 0.3) is 10.2 Å². The molecule has 142 valence electrons. The number of hydrogen-bond donors (Lipinski definition) is 0. The highest BCUT2D eigenvalue weighted by molar-refractivity contribution is 7.20. The fraction of sp³-hybridized carbons (Fsp3) is 0.381. The topological polar surface area (TPSA) is 34.5 Å². The first-order valence-electron chi connectivity index (χ1n) is 9.27. The van der Waals surface area contributed by atoms with Gasteiger partial charge in [0.25, 0.3) is 0 Å². The quantitative estimate of drug-likeness (QED) is 0.544. The standard InChI is InChI=1S/C21H23ClN2O2S/c1-14-11-15-12-19(20(25)17-6-5-16(26-2)13-18(17)22)27-21(15)24(14)10-9-23-7-3-4-8-23/h5-6,11-13H,3-4,7-10H2,1-2H3. The molecule has 0 bridgehead atoms. The molecule has 0 radical (unpaired) electrons. The van der Waals surface area contributed by atoms with Crippen LogP contribution in [0.4, 0.5) is 0 Å². The molecule has 1 fully saturated rings. The van der Waals surface area contributed by atoms with E-state index in [2.05, 4.69) is 22.5 Å². The summed E-state index contributed by atoms with van der Waals surface area (Å²) in [4.78, 5) is 17.4. The number of fused-ring (bicyclic) bond motifs is 1. The Balaban J connectivity index is 1.60. The van der Waals surface area contributed by atoms with E-state index in [0.717, 1.165) is 23.4 Å². The van der Waals surface area contributed by atoms with Crippen LogP contribution < -0.4 is 4.74 Å². The third-order valence-electron chi connectivity index (χ3n) is 5.26. The molecule has 0 spiro atoms. The number of thiophene rings is 1. The van der Waals surface area contributed by atoms with E-state index < -0.39 is 0 Å². The predicted molar refractivity (Wildman–Crippen MR) is 112 cm³/mol. The number of ether oxygens (including phenoxy) is 1. The molecule has 3 aromatic rings. The van der Waals surface area contributed by atoms with Gasteiger partial charge in [0.15, 0.2) is 0 Å². The second-order valence-electron chi connectivity index (χ2n) is 7.03. The lowest BCUT2D eigenvalue weighted by Gasteiger charge is -2.16. The van der Waals surface area contributed by atoms with E-state index in [1.807, 2.05) is 6.07 Å². The second kappa shape index (κ2) is 7.66. The first-order chi connectivity index (χ1) is 13.1. The van der Waals surface area contributed by atoms with Crippen LogP contribution in [0.15, 0.2) is 30.3 Å². The number of likely N-dealkylation sites (tertiary alicyclic amines) is 1. The summed E-state index contributed by atoms with van der Waals surface area (Å²) in [6.07, 6.45) is 2.61. The van der Waals surface area contributed by atoms with Crippen molar-refractivity contribution < 1.29 is 9.53 Å². The first-order valence-corrected chi connectivity index (χ1v) is 10.5. The van der Waals surface area contributed by atoms with Gasteiger partial charge in [-0.1, -0.05) is 11.6 Å². The molecule has 1 aliphatic rings. The highest BCUT2D eigenvalue weighted by Gasteiger charge is 2.19. The maximum Gasteiger partial charge on any atom is 0.204 e. The van der Waals surface area contributed by atoms with E-state index in [0.29, 0.717) is 16.3 Å². The summed E-state index contributed by atoms with van der Waals surface area (Å²) in [7, 11) is 1.59. The lowest BCUT2D eigenvalue weighted by Crippen LogP contribution is -2.24. The minimum absolute atomic E-state index is 0.0346. The summed E-state index contributed by atoms with van der Waals surface area (Å²) in [5.41, 5.74) is 1.76. The molecule has 0 N–H and O–H groups in total. The van der Waals surface area contributed by atoms with E-state index in [-0.39, 0.29) is 5.78 Å². The van der Waals surface area contributed by atoms with Gasteiger partial charge in [0, 0.05) is 29.7 Å². The van der Waals surface area contributed by atoms with Gasteiger partial charge in [-0.25, -0.2) is 0 Å². The Hall–Kier alpha value is -1.82. The van der Waals surface area contributed by atoms with Crippen molar-refractivity contribution in [1.29, 1.82) is 0 Å². The number of hydrogen-bond acceptors (Lipinski definition) is 4. The summed E-state index contributed by atoms with van der Waals surface area (Å²) in [6.45, 7) is 6.57. The highest BCUT2D eigenvalue weighted by atomic mass is 35.5. The molecule has 6 heteroatoms. The molecule has 2 aromatic heterocycles. The molecular weight excluding hydrogens is 380 g/mol. The van der Waals surface area contributed by atoms with Crippen molar-refractivity contribution >= 4 is 38.9 Å². The van der Waals surface area contributed by atoms with Gasteiger partial charge in [0.1, 0.15) is 10.6 Å². The molecule has 0 amide bonds. The molecule has 4 nitrogen and oxygen atoms in total. The molecule has 0 saturated carbocycles. The Labute approximate surface area is 168 Å². The average Bonchev–Trinajstić information content (AvgIpc) is 3.36. The van der Waals surface area contributed by atoms with Crippen molar-refractivity contribution in [3.63, 3.8) is 0 Å². The van der Waals surface area contributed by atoms with Crippen molar-refractivity contribution in [3.8, 4) is 5.75 Å². The lowest BCUT2D eigenvalue weighted by atomic mass is 10.1. The highest BCUT2D eigenvalue weighted by Crippen LogP contribution is 2.32. The maximum atomic E-state index is 13.0. The molecule has 1 saturated heterocycles. The fourth-order valence-corrected chi connectivity index (χ4v) is 5.18. The van der Waals surface area contributed by atoms with Gasteiger partial charge < -0.3 is 14.2 Å². The van der Waals surface area contributed by atoms with Crippen LogP contribution in [-0.4, -0.2) is 42.0 Å². The zero-order chi connectivity index (χ0) is 19.0. The summed E-state index contributed by atoms with van der Waals surface area (Å²) in [5, 5.41) is 1.55. The van der Waals surface area contributed by atoms with E-state index in [1.165, 1.54) is 36.5 Å². The molecule has 0 unspecified atom stereocenters. The molecule has 27 heavy (non-hydrogen) atoms. The third kappa shape index (κ3) is 3.64. The normalized spacial score (nSPS) is 14.9. The number of aromatic nitrogens is 1. The second-order valence-corrected chi connectivity index (χ2v) is 8.47. The average molecular weight is 403 g/mol. The Kier molecular flexibility index (Phi) is 5.26. The molecule has 4 rings (SSSR count). The molecule has 3 heterocycles. The van der Waals surface area contributed by atoms with Crippen molar-refractivity contribution in [3.05, 3.63) is 51.5 Å². The zero-order valence-corrected chi connectivity index (χ0v) is 17.2. The molecule has 0 aliphatic carbocycles. The monoisotopic (exact) mass is 402 g/mol. The number of methoxy groups -OCH3 is 1. The van der Waals surface area contributed by atoms with Gasteiger partial charge >= 0.3 is 0 Å². The zero-order valence-electron chi connectivity index (χ0n) is 15.6. The summed E-state index contributed by atoms with van der Waals surface area (Å²) in [6, 6.07) is 9.35. The molecule has 0 atom stereocenters. The number of rotatable bonds is 6. The molecular formula is C21H23ClN2O2S. The van der Waals surface area contributed by atoms with Crippen LogP contribution in [0, 0.1) is 6.92 Å². The number of halogens is 1. The van der Waals surface area contributed by atoms with Crippen LogP contribution in [0.2, 0.25) is 5.02 Å². The van der Waals surface area contributed by atoms with Crippen molar-refractivity contribution in [2.24, 2.45) is 0 Å². The Morgan fingerprint density at radius 3 is 2.67 bits per heavy atom. The fourth-order valence-electron chi connectivity index (χ4n) is 3.75. The van der Waals surface area contributed by atoms with Crippen LogP contribution in [-0.2, 0) is 6.54 Å². The van der Waals surface area contributed by atoms with Crippen LogP contribution in [0.5, 0.6) is 5.75 Å². The number of benzene rings is 1. The van der Waals surface area contributed by atoms with Gasteiger partial charge in [-0.3, -0.25) is 4.79 Å². The Bertz CT molecular complexity index is 986. The summed E-state index contributed by atoms with van der Waals surface area (Å²) >= 11 is 7.85. The number of ketones is 1. The number of carbonyl (C=O) groups excluding carboxylic acids is 1. The van der Waals surface area contributed by atoms with E-state index in [9.17, 15) is 4.79 Å². The third-order valence-corrected chi connectivity index (χ3v) is 6.74. The Morgan fingerprint density at radius 2 is 1.96 bits per heavy atom. The summed E-state index contributed by atoms with van der Waals surface area (Å²) in [5.74, 6) is 0.615. The lowest BCUT2D eigenvalue weighted by molar-refractivity contribution is 0.104. The molecule has 1 aromatic carbocycles. The van der Waals surface area contributed by atoms with Crippen LogP contribution in [0.3, 0.4) is 0 Å². The van der Waals surface area contributed by atoms with E-state index >= 15 is 0 Å². The number of aryl methyl sites for hydroxylation is 1. The van der Waals surface area contributed by atoms with Gasteiger partial charge in [-0.05, 0) is 63.2 Å². The first kappa shape index (κ1) is 18.5. The minimum atomic E-state index is -0.0346. The number of carbonyl (C=O) groups is 1. The van der Waals surface area contributed by atoms with Crippen molar-refractivity contribution in [1.82, 2.24) is 9.47 Å². The van der Waals surface area contributed by atoms with Gasteiger partial charge in [0.05, 0.1) is 17.0 Å². The largest absolute Gasteiger partial charge is 0.497 e. The van der Waals surface area contributed by atoms with Crippen LogP contribution >= 0.6 is 22.9 Å². The van der Waals surface area contributed by atoms with Gasteiger partial charge in [-0.2, -0.15) is 0 Å². The smallest absolute Gasteiger partial charge is 0.204 e. The van der Waals surface area contributed by atoms with E-state index in [4.69, 9.17) is 16.3 Å². The number of nitrogens with zero attached hydrogens (tertiary/aromatic N) is 2. The SMILES string of the molecule is COc1ccc(C(=O)c2cc3cc(C)n(CCN4CCCC4)c3s2)c(Cl)c1. The minimum Gasteiger partial charge on any atom is -0.497 e.